The quantitative estimate of drug-likeness (QED) is 0.0728. The Morgan fingerprint density at radius 2 is 1.25 bits per heavy atom. The van der Waals surface area contributed by atoms with Crippen LogP contribution in [0.25, 0.3) is 0 Å². The van der Waals surface area contributed by atoms with Crippen LogP contribution >= 0.6 is 0 Å². The third-order valence-electron chi connectivity index (χ3n) is 9.98. The molecule has 21 atom stereocenters. The Labute approximate surface area is 322 Å². The minimum atomic E-state index is -2.98. The highest BCUT2D eigenvalue weighted by atomic mass is 16.8. The van der Waals surface area contributed by atoms with Gasteiger partial charge in [0.05, 0.1) is 38.6 Å². The summed E-state index contributed by atoms with van der Waals surface area (Å²) < 4.78 is 39.1. The van der Waals surface area contributed by atoms with Gasteiger partial charge in [0, 0.05) is 20.3 Å². The smallest absolute Gasteiger partial charge is 0.364 e. The Kier molecular flexibility index (Phi) is 16.4. The average molecular weight is 837 g/mol. The molecule has 57 heavy (non-hydrogen) atoms. The summed E-state index contributed by atoms with van der Waals surface area (Å²) in [5, 5.41) is 151. The van der Waals surface area contributed by atoms with Crippen molar-refractivity contribution in [3.05, 3.63) is 0 Å². The van der Waals surface area contributed by atoms with Crippen LogP contribution in [0.1, 0.15) is 20.3 Å². The molecule has 4 aliphatic heterocycles. The van der Waals surface area contributed by atoms with Crippen LogP contribution in [0.4, 0.5) is 0 Å². The molecule has 0 saturated carbocycles. The number of aliphatic hydroxyl groups is 13. The summed E-state index contributed by atoms with van der Waals surface area (Å²) in [7, 11) is 0. The van der Waals surface area contributed by atoms with E-state index in [1.807, 2.05) is 0 Å². The number of ether oxygens (including phenoxy) is 7. The summed E-state index contributed by atoms with van der Waals surface area (Å²) >= 11 is 0. The van der Waals surface area contributed by atoms with Gasteiger partial charge in [-0.05, 0) is 0 Å². The number of hydrogen-bond acceptors (Lipinski definition) is 23. The Morgan fingerprint density at radius 3 is 1.81 bits per heavy atom. The molecular weight excluding hydrogens is 784 g/mol. The molecule has 4 rings (SSSR count). The highest BCUT2D eigenvalue weighted by Gasteiger charge is 2.58. The van der Waals surface area contributed by atoms with Gasteiger partial charge in [0.25, 0.3) is 5.79 Å². The molecule has 4 saturated heterocycles. The van der Waals surface area contributed by atoms with Crippen LogP contribution in [0.3, 0.4) is 0 Å². The second-order valence-corrected chi connectivity index (χ2v) is 14.1. The Bertz CT molecular complexity index is 1350. The van der Waals surface area contributed by atoms with Gasteiger partial charge in [-0.1, -0.05) is 0 Å². The van der Waals surface area contributed by atoms with Crippen molar-refractivity contribution >= 4 is 17.8 Å². The molecule has 330 valence electrons. The maximum absolute atomic E-state index is 12.8. The van der Waals surface area contributed by atoms with E-state index in [1.54, 1.807) is 0 Å². The lowest BCUT2D eigenvalue weighted by molar-refractivity contribution is -0.370. The number of carboxylic acid groups (broad SMARTS) is 1. The molecule has 0 radical (unpaired) electrons. The molecule has 0 bridgehead atoms. The Morgan fingerprint density at radius 1 is 0.702 bits per heavy atom. The zero-order valence-corrected chi connectivity index (χ0v) is 30.4. The number of nitrogens with one attached hydrogen (secondary N) is 2. The van der Waals surface area contributed by atoms with Gasteiger partial charge < -0.3 is 115 Å². The number of aliphatic hydroxyl groups excluding tert-OH is 13. The summed E-state index contributed by atoms with van der Waals surface area (Å²) in [6.07, 6.45) is -36.0. The number of carbonyl (C=O) groups excluding carboxylic acids is 2. The van der Waals surface area contributed by atoms with E-state index < -0.39 is 179 Å². The highest BCUT2D eigenvalue weighted by molar-refractivity contribution is 5.76. The summed E-state index contributed by atoms with van der Waals surface area (Å²) in [6, 6.07) is -3.35. The monoisotopic (exact) mass is 836 g/mol. The van der Waals surface area contributed by atoms with Crippen molar-refractivity contribution in [3.63, 3.8) is 0 Å². The van der Waals surface area contributed by atoms with E-state index in [1.165, 1.54) is 0 Å². The van der Waals surface area contributed by atoms with Crippen molar-refractivity contribution < 1.29 is 119 Å². The van der Waals surface area contributed by atoms with Crippen LogP contribution < -0.4 is 10.6 Å². The van der Waals surface area contributed by atoms with Gasteiger partial charge >= 0.3 is 5.97 Å². The van der Waals surface area contributed by atoms with Crippen LogP contribution in [0.2, 0.25) is 0 Å². The fraction of sp³-hybridized carbons (Fsp3) is 0.903. The van der Waals surface area contributed by atoms with Crippen LogP contribution in [0, 0.1) is 0 Å². The third kappa shape index (κ3) is 10.3. The highest BCUT2D eigenvalue weighted by Crippen LogP contribution is 2.37. The van der Waals surface area contributed by atoms with Crippen LogP contribution in [0.5, 0.6) is 0 Å². The predicted molar refractivity (Wildman–Crippen MR) is 174 cm³/mol. The lowest BCUT2D eigenvalue weighted by atomic mass is 9.88. The summed E-state index contributed by atoms with van der Waals surface area (Å²) in [4.78, 5) is 37.2. The van der Waals surface area contributed by atoms with Gasteiger partial charge in [-0.2, -0.15) is 0 Å². The van der Waals surface area contributed by atoms with Gasteiger partial charge in [0.1, 0.15) is 91.5 Å². The van der Waals surface area contributed by atoms with Crippen LogP contribution in [-0.2, 0) is 47.5 Å². The van der Waals surface area contributed by atoms with E-state index in [0.29, 0.717) is 0 Å². The Balaban J connectivity index is 1.73. The maximum atomic E-state index is 12.8. The first kappa shape index (κ1) is 47.3. The fourth-order valence-electron chi connectivity index (χ4n) is 6.93. The molecule has 0 spiro atoms. The number of aliphatic carboxylic acids is 1. The third-order valence-corrected chi connectivity index (χ3v) is 9.98. The second-order valence-electron chi connectivity index (χ2n) is 14.1. The number of carbonyl (C=O) groups is 3. The maximum Gasteiger partial charge on any atom is 0.364 e. The number of rotatable bonds is 15. The Hall–Kier alpha value is -2.39. The van der Waals surface area contributed by atoms with E-state index in [0.717, 1.165) is 13.8 Å². The van der Waals surface area contributed by atoms with Crippen molar-refractivity contribution in [2.24, 2.45) is 0 Å². The molecule has 0 aromatic carbocycles. The second kappa shape index (κ2) is 19.8. The lowest BCUT2D eigenvalue weighted by Crippen LogP contribution is -2.70. The van der Waals surface area contributed by atoms with Gasteiger partial charge in [0.15, 0.2) is 18.9 Å². The van der Waals surface area contributed by atoms with E-state index in [-0.39, 0.29) is 0 Å². The molecule has 26 heteroatoms. The van der Waals surface area contributed by atoms with Crippen molar-refractivity contribution in [3.8, 4) is 0 Å². The molecule has 4 aliphatic rings. The molecule has 0 aromatic heterocycles. The average Bonchev–Trinajstić information content (AvgIpc) is 3.16. The SMILES string of the molecule is CC(=O)N[C@H]1[C@H](O[C@H]2[C@@H](O)[C@@H](CO)OC(O)[C@@H]2O)O[C@H](CO[C@]2(C(=O)O)C[C@H](O)[C@@H](NC(C)=O)[C@H]([C@H](O)[C@H](O)CO)O2)[C@@H](O)[C@@H]1O[C@@H]1O[C@H](CO)[C@H](O)[C@H](O)[C@H]1O. The molecular formula is C31H52N2O24. The molecule has 4 heterocycles. The molecule has 26 nitrogen and oxygen atoms in total. The van der Waals surface area contributed by atoms with Crippen molar-refractivity contribution in [1.29, 1.82) is 0 Å². The van der Waals surface area contributed by atoms with E-state index >= 15 is 0 Å². The zero-order chi connectivity index (χ0) is 42.7. The van der Waals surface area contributed by atoms with Gasteiger partial charge in [-0.25, -0.2) is 4.79 Å². The molecule has 0 aromatic rings. The molecule has 2 amide bonds. The molecule has 4 fully saturated rings. The van der Waals surface area contributed by atoms with Gasteiger partial charge in [-0.15, -0.1) is 0 Å². The molecule has 1 unspecified atom stereocenters. The minimum absolute atomic E-state index is 0.774. The molecule has 16 N–H and O–H groups in total. The first-order valence-electron chi connectivity index (χ1n) is 17.7. The largest absolute Gasteiger partial charge is 0.477 e. The van der Waals surface area contributed by atoms with Crippen molar-refractivity contribution in [2.75, 3.05) is 26.4 Å². The van der Waals surface area contributed by atoms with Gasteiger partial charge in [-0.3, -0.25) is 9.59 Å². The first-order chi connectivity index (χ1) is 26.7. The predicted octanol–water partition coefficient (Wildman–Crippen LogP) is -10.3. The van der Waals surface area contributed by atoms with Gasteiger partial charge in [0.2, 0.25) is 11.8 Å². The van der Waals surface area contributed by atoms with E-state index in [9.17, 15) is 85.9 Å². The van der Waals surface area contributed by atoms with Crippen LogP contribution in [-0.4, -0.2) is 244 Å². The zero-order valence-electron chi connectivity index (χ0n) is 30.4. The van der Waals surface area contributed by atoms with E-state index in [2.05, 4.69) is 10.6 Å². The summed E-state index contributed by atoms with van der Waals surface area (Å²) in [6.45, 7) is -2.00. The number of carboxylic acids is 1. The fourth-order valence-corrected chi connectivity index (χ4v) is 6.93. The van der Waals surface area contributed by atoms with Crippen LogP contribution in [0.15, 0.2) is 0 Å². The summed E-state index contributed by atoms with van der Waals surface area (Å²) in [5.74, 6) is -6.58. The number of amides is 2. The molecule has 0 aliphatic carbocycles. The lowest BCUT2D eigenvalue weighted by Gasteiger charge is -2.50. The van der Waals surface area contributed by atoms with Crippen molar-refractivity contribution in [2.45, 2.75) is 149 Å². The van der Waals surface area contributed by atoms with Crippen molar-refractivity contribution in [1.82, 2.24) is 10.6 Å². The summed E-state index contributed by atoms with van der Waals surface area (Å²) in [5.41, 5.74) is 0. The minimum Gasteiger partial charge on any atom is -0.477 e. The first-order valence-corrected chi connectivity index (χ1v) is 17.7. The standard InChI is InChI=1S/C31H52N2O24/c1-8(37)32-15-10(39)3-31(30(49)50,57-25(15)17(41)11(40)4-34)51-7-14-20(44)24(55-29-22(46)21(45)18(42)12(5-35)53-29)16(33-9(2)38)28(54-14)56-26-19(43)13(6-36)52-27(48)23(26)47/h10-29,34-36,39-48H,3-7H2,1-2H3,(H,32,37)(H,33,38)(H,49,50)/t10-,11+,12+,13+,14+,15+,16+,17+,18-,19-,20+,21-,22+,23+,24+,25+,26-,27?,28-,29-,31+/m0/s1. The van der Waals surface area contributed by atoms with E-state index in [4.69, 9.17) is 33.2 Å². The number of hydrogen-bond donors (Lipinski definition) is 16. The normalized spacial score (nSPS) is 45.1. The topological polar surface area (TPSA) is 423 Å².